The summed E-state index contributed by atoms with van der Waals surface area (Å²) in [5.74, 6) is 0.589. The van der Waals surface area contributed by atoms with E-state index in [4.69, 9.17) is 39.8 Å². The summed E-state index contributed by atoms with van der Waals surface area (Å²) in [7, 11) is 0. The Morgan fingerprint density at radius 2 is 1.83 bits per heavy atom. The van der Waals surface area contributed by atoms with E-state index in [9.17, 15) is 9.59 Å². The van der Waals surface area contributed by atoms with Gasteiger partial charge in [-0.2, -0.15) is 4.98 Å². The first-order valence-corrected chi connectivity index (χ1v) is 14.6. The highest BCUT2D eigenvalue weighted by Crippen LogP contribution is 2.37. The molecule has 1 fully saturated rings. The van der Waals surface area contributed by atoms with Crippen molar-refractivity contribution in [2.24, 2.45) is 0 Å². The molecule has 1 amide bonds. The number of hydrogen-bond donors (Lipinski definition) is 1. The lowest BCUT2D eigenvalue weighted by Crippen LogP contribution is -2.54. The summed E-state index contributed by atoms with van der Waals surface area (Å²) in [4.78, 5) is 44.1. The second-order valence-corrected chi connectivity index (χ2v) is 11.7. The first-order valence-electron chi connectivity index (χ1n) is 13.5. The van der Waals surface area contributed by atoms with Crippen molar-refractivity contribution in [3.63, 3.8) is 0 Å². The highest BCUT2D eigenvalue weighted by molar-refractivity contribution is 6.39. The molecule has 1 N–H and O–H groups in total. The van der Waals surface area contributed by atoms with E-state index in [1.165, 1.54) is 10.6 Å². The Bertz CT molecular complexity index is 1750. The van der Waals surface area contributed by atoms with Gasteiger partial charge in [-0.25, -0.2) is 14.3 Å². The van der Waals surface area contributed by atoms with E-state index >= 15 is 0 Å². The third-order valence-corrected chi connectivity index (χ3v) is 8.24. The summed E-state index contributed by atoms with van der Waals surface area (Å²) < 4.78 is 1.49. The van der Waals surface area contributed by atoms with Crippen LogP contribution in [0.1, 0.15) is 37.9 Å². The number of piperazine rings is 1. The Balaban J connectivity index is 1.77. The van der Waals surface area contributed by atoms with Gasteiger partial charge < -0.3 is 15.1 Å². The Labute approximate surface area is 258 Å². The summed E-state index contributed by atoms with van der Waals surface area (Å²) in [6.45, 7) is 12.9. The Hall–Kier alpha value is -3.66. The molecule has 1 atom stereocenters. The van der Waals surface area contributed by atoms with Crippen molar-refractivity contribution in [3.8, 4) is 5.69 Å². The molecule has 0 radical (unpaired) electrons. The van der Waals surface area contributed by atoms with E-state index in [0.717, 1.165) is 11.3 Å². The number of anilines is 3. The number of benzene rings is 1. The van der Waals surface area contributed by atoms with Crippen molar-refractivity contribution in [1.82, 2.24) is 24.4 Å². The van der Waals surface area contributed by atoms with E-state index in [-0.39, 0.29) is 28.7 Å². The molecule has 1 aromatic carbocycles. The van der Waals surface area contributed by atoms with Gasteiger partial charge in [-0.05, 0) is 55.7 Å². The number of aryl methyl sites for hydroxylation is 1. The van der Waals surface area contributed by atoms with Crippen LogP contribution in [0.5, 0.6) is 0 Å². The quantitative estimate of drug-likeness (QED) is 0.243. The van der Waals surface area contributed by atoms with Gasteiger partial charge in [0.2, 0.25) is 5.91 Å². The number of pyridine rings is 2. The van der Waals surface area contributed by atoms with Crippen LogP contribution in [0.25, 0.3) is 16.7 Å². The third-order valence-electron chi connectivity index (χ3n) is 7.32. The lowest BCUT2D eigenvalue weighted by atomic mass is 10.0. The maximum Gasteiger partial charge on any atom is 0.355 e. The smallest absolute Gasteiger partial charge is 0.350 e. The SMILES string of the molecule is C=CC(=O)N1CCN(c2nc(=O)n(-c3c(C)ccnc3C(C)C)c3nc(Nc4c(Cl)cccc4Cl)c(Cl)cc23)[C@@H](C)C1. The van der Waals surface area contributed by atoms with E-state index < -0.39 is 5.69 Å². The first-order chi connectivity index (χ1) is 20.0. The fourth-order valence-corrected chi connectivity index (χ4v) is 5.93. The van der Waals surface area contributed by atoms with Gasteiger partial charge in [0.05, 0.1) is 37.5 Å². The van der Waals surface area contributed by atoms with Gasteiger partial charge in [-0.1, -0.05) is 61.3 Å². The van der Waals surface area contributed by atoms with Gasteiger partial charge in [-0.3, -0.25) is 9.78 Å². The second-order valence-electron chi connectivity index (χ2n) is 10.5. The molecule has 9 nitrogen and oxygen atoms in total. The molecule has 1 saturated heterocycles. The van der Waals surface area contributed by atoms with Gasteiger partial charge >= 0.3 is 5.69 Å². The molecular formula is C30H30Cl3N7O2. The minimum absolute atomic E-state index is 0.0175. The van der Waals surface area contributed by atoms with Crippen molar-refractivity contribution < 1.29 is 4.79 Å². The molecule has 0 saturated carbocycles. The molecule has 1 aliphatic rings. The summed E-state index contributed by atoms with van der Waals surface area (Å²) in [6, 6.07) is 8.60. The zero-order valence-electron chi connectivity index (χ0n) is 23.7. The van der Waals surface area contributed by atoms with Crippen LogP contribution in [0, 0.1) is 6.92 Å². The van der Waals surface area contributed by atoms with Crippen LogP contribution in [0.3, 0.4) is 0 Å². The highest BCUT2D eigenvalue weighted by atomic mass is 35.5. The normalized spacial score (nSPS) is 15.4. The number of hydrogen-bond acceptors (Lipinski definition) is 7. The summed E-state index contributed by atoms with van der Waals surface area (Å²) in [6.07, 6.45) is 3.04. The van der Waals surface area contributed by atoms with E-state index in [1.54, 1.807) is 35.4 Å². The number of carbonyl (C=O) groups excluding carboxylic acids is 1. The second kappa shape index (κ2) is 11.9. The van der Waals surface area contributed by atoms with Crippen LogP contribution in [0.2, 0.25) is 15.1 Å². The molecule has 3 aromatic heterocycles. The molecular weight excluding hydrogens is 597 g/mol. The molecule has 0 unspecified atom stereocenters. The zero-order valence-corrected chi connectivity index (χ0v) is 25.9. The zero-order chi connectivity index (χ0) is 30.3. The number of amides is 1. The van der Waals surface area contributed by atoms with Crippen LogP contribution in [-0.2, 0) is 4.79 Å². The highest BCUT2D eigenvalue weighted by Gasteiger charge is 2.30. The van der Waals surface area contributed by atoms with Gasteiger partial charge in [0.1, 0.15) is 5.82 Å². The molecule has 42 heavy (non-hydrogen) atoms. The van der Waals surface area contributed by atoms with Crippen LogP contribution >= 0.6 is 34.8 Å². The Kier molecular flexibility index (Phi) is 8.46. The van der Waals surface area contributed by atoms with E-state index in [0.29, 0.717) is 57.9 Å². The van der Waals surface area contributed by atoms with Gasteiger partial charge in [0, 0.05) is 31.9 Å². The molecule has 0 aliphatic carbocycles. The molecule has 0 spiro atoms. The summed E-state index contributed by atoms with van der Waals surface area (Å²) in [5.41, 5.74) is 2.47. The minimum atomic E-state index is -0.510. The van der Waals surface area contributed by atoms with Crippen LogP contribution in [0.4, 0.5) is 17.3 Å². The molecule has 4 heterocycles. The van der Waals surface area contributed by atoms with Crippen molar-refractivity contribution in [2.45, 2.75) is 39.7 Å². The number of halogens is 3. The average Bonchev–Trinajstić information content (AvgIpc) is 2.95. The average molecular weight is 627 g/mol. The molecule has 4 aromatic rings. The van der Waals surface area contributed by atoms with E-state index in [2.05, 4.69) is 21.9 Å². The molecule has 0 bridgehead atoms. The van der Waals surface area contributed by atoms with Gasteiger partial charge in [0.25, 0.3) is 0 Å². The fourth-order valence-electron chi connectivity index (χ4n) is 5.24. The van der Waals surface area contributed by atoms with Crippen molar-refractivity contribution in [3.05, 3.63) is 86.0 Å². The molecule has 1 aliphatic heterocycles. The van der Waals surface area contributed by atoms with E-state index in [1.807, 2.05) is 38.7 Å². The first kappa shape index (κ1) is 29.8. The predicted octanol–water partition coefficient (Wildman–Crippen LogP) is 6.53. The van der Waals surface area contributed by atoms with Crippen molar-refractivity contribution >= 4 is 69.1 Å². The topological polar surface area (TPSA) is 96.3 Å². The predicted molar refractivity (Wildman–Crippen MR) is 170 cm³/mol. The fraction of sp³-hybridized carbons (Fsp3) is 0.300. The monoisotopic (exact) mass is 625 g/mol. The maximum absolute atomic E-state index is 14.0. The lowest BCUT2D eigenvalue weighted by molar-refractivity contribution is -0.126. The molecule has 218 valence electrons. The van der Waals surface area contributed by atoms with Gasteiger partial charge in [-0.15, -0.1) is 0 Å². The number of nitrogens with zero attached hydrogens (tertiary/aromatic N) is 6. The number of rotatable bonds is 6. The Morgan fingerprint density at radius 3 is 2.48 bits per heavy atom. The van der Waals surface area contributed by atoms with Crippen molar-refractivity contribution in [2.75, 3.05) is 29.9 Å². The maximum atomic E-state index is 14.0. The number of carbonyl (C=O) groups is 1. The van der Waals surface area contributed by atoms with Gasteiger partial charge in [0.15, 0.2) is 11.5 Å². The summed E-state index contributed by atoms with van der Waals surface area (Å²) in [5, 5.41) is 4.79. The number of nitrogens with one attached hydrogen (secondary N) is 1. The summed E-state index contributed by atoms with van der Waals surface area (Å²) >= 11 is 19.7. The van der Waals surface area contributed by atoms with Crippen molar-refractivity contribution in [1.29, 1.82) is 0 Å². The number of para-hydroxylation sites is 1. The lowest BCUT2D eigenvalue weighted by Gasteiger charge is -2.40. The largest absolute Gasteiger partial charge is 0.355 e. The number of aromatic nitrogens is 4. The van der Waals surface area contributed by atoms with Crippen LogP contribution in [-0.4, -0.2) is 56.0 Å². The van der Waals surface area contributed by atoms with Crippen LogP contribution < -0.4 is 15.9 Å². The number of fused-ring (bicyclic) bond motifs is 1. The third kappa shape index (κ3) is 5.44. The van der Waals surface area contributed by atoms with Crippen LogP contribution in [0.15, 0.2) is 54.0 Å². The standard InChI is InChI=1S/C30H30Cl3N7O2/c1-6-23(41)38-12-13-39(18(5)15-38)28-19-14-22(33)27(35-25-20(31)8-7-9-21(25)32)36-29(19)40(30(42)37-28)26-17(4)10-11-34-24(26)16(2)3/h6-11,14,16,18H,1,12-13,15H2,2-5H3,(H,35,36)/t18-/m0/s1. The minimum Gasteiger partial charge on any atom is -0.350 e. The Morgan fingerprint density at radius 1 is 1.12 bits per heavy atom. The molecule has 5 rings (SSSR count). The molecule has 12 heteroatoms.